The van der Waals surface area contributed by atoms with Gasteiger partial charge in [0, 0.05) is 5.56 Å². The van der Waals surface area contributed by atoms with E-state index < -0.39 is 0 Å². The summed E-state index contributed by atoms with van der Waals surface area (Å²) in [5, 5.41) is 9.37. The Kier molecular flexibility index (Phi) is 4.50. The summed E-state index contributed by atoms with van der Waals surface area (Å²) in [7, 11) is 1.58. The molecule has 0 radical (unpaired) electrons. The Bertz CT molecular complexity index is 466. The summed E-state index contributed by atoms with van der Waals surface area (Å²) >= 11 is 5.61. The molecule has 6 heteroatoms. The lowest BCUT2D eigenvalue weighted by atomic mass is 10.1. The predicted molar refractivity (Wildman–Crippen MR) is 70.6 cm³/mol. The topological polar surface area (TPSA) is 59.0 Å². The normalized spacial score (nSPS) is 18.3. The Balaban J connectivity index is 2.32. The number of halogens is 1. The minimum absolute atomic E-state index is 0.115. The summed E-state index contributed by atoms with van der Waals surface area (Å²) in [6, 6.07) is 5.04. The number of aliphatic hydroxyl groups excluding tert-OH is 1. The van der Waals surface area contributed by atoms with Crippen LogP contribution in [0.3, 0.4) is 0 Å². The fraction of sp³-hybridized carbons (Fsp3) is 0.462. The van der Waals surface area contributed by atoms with Crippen LogP contribution in [0.15, 0.2) is 18.2 Å². The maximum Gasteiger partial charge on any atom is 0.238 e. The molecule has 104 valence electrons. The first kappa shape index (κ1) is 14.0. The van der Waals surface area contributed by atoms with E-state index in [2.05, 4.69) is 0 Å². The number of hydrogen-bond donors (Lipinski definition) is 1. The molecule has 0 aromatic heterocycles. The summed E-state index contributed by atoms with van der Waals surface area (Å²) in [4.78, 5) is 13.4. The van der Waals surface area contributed by atoms with Crippen molar-refractivity contribution in [2.45, 2.75) is 12.6 Å². The number of alkyl halides is 1. The number of fused-ring (bicyclic) bond motifs is 1. The van der Waals surface area contributed by atoms with Gasteiger partial charge in [-0.15, -0.1) is 11.6 Å². The molecule has 0 spiro atoms. The second-order valence-corrected chi connectivity index (χ2v) is 4.54. The number of rotatable bonds is 3. The molecule has 1 aromatic carbocycles. The lowest BCUT2D eigenvalue weighted by Crippen LogP contribution is -2.44. The van der Waals surface area contributed by atoms with Crippen LogP contribution in [0.2, 0.25) is 0 Å². The van der Waals surface area contributed by atoms with Crippen molar-refractivity contribution in [1.82, 2.24) is 4.90 Å². The van der Waals surface area contributed by atoms with Gasteiger partial charge in [-0.25, -0.2) is 0 Å². The highest BCUT2D eigenvalue weighted by molar-refractivity contribution is 6.27. The van der Waals surface area contributed by atoms with E-state index in [1.807, 2.05) is 6.07 Å². The van der Waals surface area contributed by atoms with Crippen LogP contribution < -0.4 is 9.47 Å². The van der Waals surface area contributed by atoms with Gasteiger partial charge in [-0.05, 0) is 18.2 Å². The SMILES string of the molecule is COc1ccc2c(c1)CN(C(=O)CCl)C(CO)CO2. The van der Waals surface area contributed by atoms with Crippen LogP contribution in [0.5, 0.6) is 11.5 Å². The van der Waals surface area contributed by atoms with Gasteiger partial charge >= 0.3 is 0 Å². The van der Waals surface area contributed by atoms with E-state index in [1.165, 1.54) is 4.90 Å². The Hall–Kier alpha value is -1.46. The molecule has 0 bridgehead atoms. The first-order valence-electron chi connectivity index (χ1n) is 5.95. The van der Waals surface area contributed by atoms with Crippen LogP contribution in [0.4, 0.5) is 0 Å². The van der Waals surface area contributed by atoms with Crippen LogP contribution in [-0.2, 0) is 11.3 Å². The summed E-state index contributed by atoms with van der Waals surface area (Å²) in [5.74, 6) is 1.06. The summed E-state index contributed by atoms with van der Waals surface area (Å²) in [5.41, 5.74) is 0.841. The lowest BCUT2D eigenvalue weighted by molar-refractivity contribution is -0.132. The van der Waals surface area contributed by atoms with E-state index in [0.29, 0.717) is 18.0 Å². The van der Waals surface area contributed by atoms with Gasteiger partial charge in [0.05, 0.1) is 26.3 Å². The van der Waals surface area contributed by atoms with Crippen molar-refractivity contribution < 1.29 is 19.4 Å². The van der Waals surface area contributed by atoms with Crippen molar-refractivity contribution in [2.24, 2.45) is 0 Å². The summed E-state index contributed by atoms with van der Waals surface area (Å²) in [6.07, 6.45) is 0. The number of carbonyl (C=O) groups excluding carboxylic acids is 1. The third-order valence-corrected chi connectivity index (χ3v) is 3.35. The summed E-state index contributed by atoms with van der Waals surface area (Å²) < 4.78 is 10.8. The molecule has 5 nitrogen and oxygen atoms in total. The third kappa shape index (κ3) is 2.93. The van der Waals surface area contributed by atoms with E-state index >= 15 is 0 Å². The van der Waals surface area contributed by atoms with Crippen molar-refractivity contribution >= 4 is 17.5 Å². The first-order valence-corrected chi connectivity index (χ1v) is 6.49. The molecule has 1 aromatic rings. The van der Waals surface area contributed by atoms with Crippen molar-refractivity contribution in [1.29, 1.82) is 0 Å². The number of carbonyl (C=O) groups is 1. The third-order valence-electron chi connectivity index (χ3n) is 3.13. The highest BCUT2D eigenvalue weighted by atomic mass is 35.5. The van der Waals surface area contributed by atoms with Crippen LogP contribution in [-0.4, -0.2) is 48.2 Å². The quantitative estimate of drug-likeness (QED) is 0.843. The second-order valence-electron chi connectivity index (χ2n) is 4.28. The zero-order valence-corrected chi connectivity index (χ0v) is 11.4. The van der Waals surface area contributed by atoms with Gasteiger partial charge in [-0.3, -0.25) is 4.79 Å². The standard InChI is InChI=1S/C13H16ClNO4/c1-18-11-2-3-12-9(4-11)6-15(13(17)5-14)10(7-16)8-19-12/h2-4,10,16H,5-8H2,1H3. The van der Waals surface area contributed by atoms with Crippen LogP contribution in [0.1, 0.15) is 5.56 Å². The van der Waals surface area contributed by atoms with Gasteiger partial charge in [-0.1, -0.05) is 0 Å². The monoisotopic (exact) mass is 285 g/mol. The molecular formula is C13H16ClNO4. The largest absolute Gasteiger partial charge is 0.497 e. The van der Waals surface area contributed by atoms with E-state index in [0.717, 1.165) is 5.56 Å². The van der Waals surface area contributed by atoms with Gasteiger partial charge in [0.1, 0.15) is 24.0 Å². The molecule has 1 heterocycles. The Morgan fingerprint density at radius 2 is 2.42 bits per heavy atom. The Labute approximate surface area is 116 Å². The molecule has 1 aliphatic heterocycles. The molecule has 1 amide bonds. The van der Waals surface area contributed by atoms with Crippen LogP contribution >= 0.6 is 11.6 Å². The number of aliphatic hydroxyl groups is 1. The van der Waals surface area contributed by atoms with Crippen molar-refractivity contribution in [2.75, 3.05) is 26.2 Å². The van der Waals surface area contributed by atoms with Gasteiger partial charge in [0.15, 0.2) is 0 Å². The predicted octanol–water partition coefficient (Wildman–Crippen LogP) is 1.02. The van der Waals surface area contributed by atoms with Crippen molar-refractivity contribution in [3.63, 3.8) is 0 Å². The van der Waals surface area contributed by atoms with Crippen molar-refractivity contribution in [3.8, 4) is 11.5 Å². The number of nitrogens with zero attached hydrogens (tertiary/aromatic N) is 1. The average molecular weight is 286 g/mol. The van der Waals surface area contributed by atoms with E-state index in [9.17, 15) is 9.90 Å². The minimum Gasteiger partial charge on any atom is -0.497 e. The molecule has 1 aliphatic rings. The fourth-order valence-electron chi connectivity index (χ4n) is 2.06. The minimum atomic E-state index is -0.385. The van der Waals surface area contributed by atoms with Gasteiger partial charge < -0.3 is 19.5 Å². The molecule has 1 atom stereocenters. The zero-order valence-electron chi connectivity index (χ0n) is 10.6. The molecule has 0 saturated carbocycles. The maximum atomic E-state index is 11.8. The van der Waals surface area contributed by atoms with Gasteiger partial charge in [0.25, 0.3) is 0 Å². The van der Waals surface area contributed by atoms with Crippen LogP contribution in [0.25, 0.3) is 0 Å². The molecule has 2 rings (SSSR count). The van der Waals surface area contributed by atoms with E-state index in [4.69, 9.17) is 21.1 Å². The number of hydrogen-bond acceptors (Lipinski definition) is 4. The number of methoxy groups -OCH3 is 1. The molecule has 0 aliphatic carbocycles. The Morgan fingerprint density at radius 3 is 3.05 bits per heavy atom. The highest BCUT2D eigenvalue weighted by Gasteiger charge is 2.27. The number of ether oxygens (including phenoxy) is 2. The van der Waals surface area contributed by atoms with Crippen LogP contribution in [0, 0.1) is 0 Å². The molecular weight excluding hydrogens is 270 g/mol. The van der Waals surface area contributed by atoms with Gasteiger partial charge in [0.2, 0.25) is 5.91 Å². The summed E-state index contributed by atoms with van der Waals surface area (Å²) in [6.45, 7) is 0.440. The lowest BCUT2D eigenvalue weighted by Gasteiger charge is -2.27. The fourth-order valence-corrected chi connectivity index (χ4v) is 2.21. The second kappa shape index (κ2) is 6.12. The smallest absolute Gasteiger partial charge is 0.238 e. The first-order chi connectivity index (χ1) is 9.19. The Morgan fingerprint density at radius 1 is 1.63 bits per heavy atom. The molecule has 0 saturated heterocycles. The molecule has 0 fully saturated rings. The van der Waals surface area contributed by atoms with Gasteiger partial charge in [-0.2, -0.15) is 0 Å². The van der Waals surface area contributed by atoms with E-state index in [-0.39, 0.29) is 31.0 Å². The maximum absolute atomic E-state index is 11.8. The molecule has 19 heavy (non-hydrogen) atoms. The average Bonchev–Trinajstić information content (AvgIpc) is 2.64. The van der Waals surface area contributed by atoms with E-state index in [1.54, 1.807) is 19.2 Å². The zero-order chi connectivity index (χ0) is 13.8. The number of benzene rings is 1. The highest BCUT2D eigenvalue weighted by Crippen LogP contribution is 2.29. The molecule has 1 unspecified atom stereocenters. The van der Waals surface area contributed by atoms with Crippen molar-refractivity contribution in [3.05, 3.63) is 23.8 Å². The number of amides is 1. The molecule has 1 N–H and O–H groups in total.